The SMILES string of the molecule is CCCCOc1ccc(C2C(C(=O)OCCOC)=C(C)N=c3s/c(=C\c4ccc(O)c(OCC)c4)c(=O)n32)cc1. The molecule has 0 saturated carbocycles. The third-order valence-corrected chi connectivity index (χ3v) is 7.29. The van der Waals surface area contributed by atoms with Gasteiger partial charge in [0, 0.05) is 7.11 Å². The minimum atomic E-state index is -0.739. The van der Waals surface area contributed by atoms with E-state index < -0.39 is 12.0 Å². The van der Waals surface area contributed by atoms with Gasteiger partial charge in [-0.05, 0) is 61.7 Å². The van der Waals surface area contributed by atoms with E-state index in [4.69, 9.17) is 18.9 Å². The number of phenolic OH excluding ortho intramolecular Hbond substituents is 1. The molecule has 0 radical (unpaired) electrons. The van der Waals surface area contributed by atoms with Crippen LogP contribution < -0.4 is 24.4 Å². The van der Waals surface area contributed by atoms with Crippen molar-refractivity contribution in [3.63, 3.8) is 0 Å². The first kappa shape index (κ1) is 29.1. The molecular formula is C30H34N2O7S. The number of carbonyl (C=O) groups is 1. The fourth-order valence-electron chi connectivity index (χ4n) is 4.32. The predicted octanol–water partition coefficient (Wildman–Crippen LogP) is 3.71. The van der Waals surface area contributed by atoms with Crippen LogP contribution in [0.25, 0.3) is 6.08 Å². The number of benzene rings is 2. The van der Waals surface area contributed by atoms with Crippen LogP contribution in [0.2, 0.25) is 0 Å². The van der Waals surface area contributed by atoms with E-state index in [1.54, 1.807) is 25.1 Å². The van der Waals surface area contributed by atoms with Crippen LogP contribution in [0.15, 0.2) is 63.5 Å². The molecule has 1 aliphatic heterocycles. The highest BCUT2D eigenvalue weighted by atomic mass is 32.1. The lowest BCUT2D eigenvalue weighted by atomic mass is 9.96. The van der Waals surface area contributed by atoms with Gasteiger partial charge in [0.05, 0.1) is 41.7 Å². The minimum absolute atomic E-state index is 0.0230. The van der Waals surface area contributed by atoms with Crippen LogP contribution in [0.5, 0.6) is 17.2 Å². The number of phenols is 1. The average Bonchev–Trinajstić information content (AvgIpc) is 3.24. The lowest BCUT2D eigenvalue weighted by Gasteiger charge is -2.25. The van der Waals surface area contributed by atoms with Crippen molar-refractivity contribution in [2.75, 3.05) is 33.5 Å². The lowest BCUT2D eigenvalue weighted by molar-refractivity contribution is -0.140. The molecule has 1 N–H and O–H groups in total. The maximum atomic E-state index is 13.8. The van der Waals surface area contributed by atoms with E-state index in [9.17, 15) is 14.7 Å². The zero-order chi connectivity index (χ0) is 28.6. The summed E-state index contributed by atoms with van der Waals surface area (Å²) in [5.74, 6) is 0.516. The van der Waals surface area contributed by atoms with Crippen molar-refractivity contribution in [1.82, 2.24) is 4.57 Å². The van der Waals surface area contributed by atoms with Gasteiger partial charge in [-0.25, -0.2) is 9.79 Å². The third-order valence-electron chi connectivity index (χ3n) is 6.31. The zero-order valence-electron chi connectivity index (χ0n) is 23.1. The van der Waals surface area contributed by atoms with E-state index in [2.05, 4.69) is 11.9 Å². The molecule has 4 rings (SSSR count). The second-order valence-corrected chi connectivity index (χ2v) is 10.2. The van der Waals surface area contributed by atoms with Crippen molar-refractivity contribution in [3.05, 3.63) is 84.5 Å². The molecule has 0 saturated heterocycles. The van der Waals surface area contributed by atoms with Crippen LogP contribution >= 0.6 is 11.3 Å². The number of ether oxygens (including phenoxy) is 4. The number of aromatic hydroxyl groups is 1. The summed E-state index contributed by atoms with van der Waals surface area (Å²) in [5, 5.41) is 10.1. The van der Waals surface area contributed by atoms with Crippen molar-refractivity contribution >= 4 is 23.4 Å². The minimum Gasteiger partial charge on any atom is -0.504 e. The molecule has 212 valence electrons. The third kappa shape index (κ3) is 6.46. The number of unbranched alkanes of at least 4 members (excludes halogenated alkanes) is 1. The van der Waals surface area contributed by atoms with Crippen molar-refractivity contribution in [2.24, 2.45) is 4.99 Å². The van der Waals surface area contributed by atoms with Gasteiger partial charge < -0.3 is 24.1 Å². The molecule has 1 aliphatic rings. The van der Waals surface area contributed by atoms with Crippen molar-refractivity contribution < 1.29 is 28.8 Å². The monoisotopic (exact) mass is 566 g/mol. The van der Waals surface area contributed by atoms with E-state index >= 15 is 0 Å². The van der Waals surface area contributed by atoms with Crippen LogP contribution in [0.4, 0.5) is 0 Å². The van der Waals surface area contributed by atoms with Crippen LogP contribution in [0.3, 0.4) is 0 Å². The summed E-state index contributed by atoms with van der Waals surface area (Å²) in [4.78, 5) is 32.2. The lowest BCUT2D eigenvalue weighted by Crippen LogP contribution is -2.40. The molecular weight excluding hydrogens is 532 g/mol. The highest BCUT2D eigenvalue weighted by Crippen LogP contribution is 2.32. The first-order chi connectivity index (χ1) is 19.4. The van der Waals surface area contributed by atoms with Crippen LogP contribution in [0, 0.1) is 0 Å². The highest BCUT2D eigenvalue weighted by molar-refractivity contribution is 7.07. The Morgan fingerprint density at radius 1 is 1.10 bits per heavy atom. The Balaban J connectivity index is 1.81. The number of hydrogen-bond acceptors (Lipinski definition) is 9. The number of rotatable bonds is 12. The molecule has 0 aliphatic carbocycles. The van der Waals surface area contributed by atoms with Gasteiger partial charge in [0.25, 0.3) is 5.56 Å². The van der Waals surface area contributed by atoms with Gasteiger partial charge in [-0.15, -0.1) is 0 Å². The number of fused-ring (bicyclic) bond motifs is 1. The Bertz CT molecular complexity index is 1550. The van der Waals surface area contributed by atoms with E-state index in [-0.39, 0.29) is 30.1 Å². The van der Waals surface area contributed by atoms with Gasteiger partial charge in [0.1, 0.15) is 12.4 Å². The molecule has 2 heterocycles. The van der Waals surface area contributed by atoms with Gasteiger partial charge in [-0.2, -0.15) is 0 Å². The van der Waals surface area contributed by atoms with Gasteiger partial charge >= 0.3 is 5.97 Å². The molecule has 0 spiro atoms. The van der Waals surface area contributed by atoms with Crippen LogP contribution in [0.1, 0.15) is 50.8 Å². The first-order valence-corrected chi connectivity index (χ1v) is 14.1. The zero-order valence-corrected chi connectivity index (χ0v) is 24.0. The summed E-state index contributed by atoms with van der Waals surface area (Å²) >= 11 is 1.23. The number of esters is 1. The number of nitrogens with zero attached hydrogens (tertiary/aromatic N) is 2. The quantitative estimate of drug-likeness (QED) is 0.263. The Hall–Kier alpha value is -3.89. The Labute approximate surface area is 236 Å². The molecule has 1 unspecified atom stereocenters. The molecule has 0 fully saturated rings. The molecule has 3 aromatic rings. The van der Waals surface area contributed by atoms with Crippen molar-refractivity contribution in [1.29, 1.82) is 0 Å². The topological polar surface area (TPSA) is 109 Å². The molecule has 1 atom stereocenters. The second kappa shape index (κ2) is 13.5. The van der Waals surface area contributed by atoms with Crippen LogP contribution in [-0.2, 0) is 14.3 Å². The van der Waals surface area contributed by atoms with E-state index in [1.807, 2.05) is 31.2 Å². The summed E-state index contributed by atoms with van der Waals surface area (Å²) in [5.41, 5.74) is 1.89. The number of carbonyl (C=O) groups excluding carboxylic acids is 1. The molecule has 9 nitrogen and oxygen atoms in total. The molecule has 10 heteroatoms. The molecule has 0 bridgehead atoms. The summed E-state index contributed by atoms with van der Waals surface area (Å²) in [6, 6.07) is 11.6. The number of methoxy groups -OCH3 is 1. The number of hydrogen-bond donors (Lipinski definition) is 1. The maximum Gasteiger partial charge on any atom is 0.338 e. The van der Waals surface area contributed by atoms with Gasteiger partial charge in [-0.3, -0.25) is 9.36 Å². The Morgan fingerprint density at radius 3 is 2.58 bits per heavy atom. The van der Waals surface area contributed by atoms with Crippen LogP contribution in [-0.4, -0.2) is 49.2 Å². The number of aromatic nitrogens is 1. The van der Waals surface area contributed by atoms with Gasteiger partial charge in [-0.1, -0.05) is 42.9 Å². The Morgan fingerprint density at radius 2 is 1.88 bits per heavy atom. The normalized spacial score (nSPS) is 15.0. The molecule has 1 aromatic heterocycles. The second-order valence-electron chi connectivity index (χ2n) is 9.14. The standard InChI is InChI=1S/C30H34N2O7S/c1-5-7-14-38-22-11-9-21(10-12-22)27-26(29(35)39-16-15-36-4)19(3)31-30-32(27)28(34)25(40-30)18-20-8-13-23(33)24(17-20)37-6-2/h8-13,17-18,27,33H,5-7,14-16H2,1-4H3/b25-18-. The molecule has 0 amide bonds. The number of allylic oxidation sites excluding steroid dienone is 1. The smallest absolute Gasteiger partial charge is 0.338 e. The summed E-state index contributed by atoms with van der Waals surface area (Å²) in [7, 11) is 1.53. The summed E-state index contributed by atoms with van der Waals surface area (Å²) < 4.78 is 23.8. The average molecular weight is 567 g/mol. The van der Waals surface area contributed by atoms with Gasteiger partial charge in [0.15, 0.2) is 16.3 Å². The number of thiazole rings is 1. The first-order valence-electron chi connectivity index (χ1n) is 13.2. The van der Waals surface area contributed by atoms with Gasteiger partial charge in [0.2, 0.25) is 0 Å². The van der Waals surface area contributed by atoms with E-state index in [1.165, 1.54) is 29.1 Å². The van der Waals surface area contributed by atoms with E-state index in [0.29, 0.717) is 45.3 Å². The maximum absolute atomic E-state index is 13.8. The van der Waals surface area contributed by atoms with Crippen molar-refractivity contribution in [2.45, 2.75) is 39.7 Å². The highest BCUT2D eigenvalue weighted by Gasteiger charge is 2.33. The largest absolute Gasteiger partial charge is 0.504 e. The summed E-state index contributed by atoms with van der Waals surface area (Å²) in [6.45, 7) is 7.01. The Kier molecular flexibility index (Phi) is 9.79. The summed E-state index contributed by atoms with van der Waals surface area (Å²) in [6.07, 6.45) is 3.71. The molecule has 40 heavy (non-hydrogen) atoms. The van der Waals surface area contributed by atoms with E-state index in [0.717, 1.165) is 18.4 Å². The fraction of sp³-hybridized carbons (Fsp3) is 0.367. The predicted molar refractivity (Wildman–Crippen MR) is 153 cm³/mol. The van der Waals surface area contributed by atoms with Crippen molar-refractivity contribution in [3.8, 4) is 17.2 Å². The fourth-order valence-corrected chi connectivity index (χ4v) is 5.36. The molecule has 2 aromatic carbocycles.